The molecule has 1 aromatic rings. The Morgan fingerprint density at radius 2 is 2.31 bits per heavy atom. The molecule has 0 heterocycles. The van der Waals surface area contributed by atoms with Crippen LogP contribution in [0.25, 0.3) is 0 Å². The highest BCUT2D eigenvalue weighted by Crippen LogP contribution is 2.27. The zero-order valence-corrected chi connectivity index (χ0v) is 7.84. The van der Waals surface area contributed by atoms with E-state index in [-0.39, 0.29) is 0 Å². The van der Waals surface area contributed by atoms with Crippen LogP contribution in [0.2, 0.25) is 0 Å². The van der Waals surface area contributed by atoms with Crippen molar-refractivity contribution >= 4 is 11.7 Å². The first-order valence-electron chi connectivity index (χ1n) is 4.06. The van der Waals surface area contributed by atoms with Gasteiger partial charge in [-0.15, -0.1) is 0 Å². The Morgan fingerprint density at radius 3 is 2.88 bits per heavy atom. The maximum atomic E-state index is 12.8. The summed E-state index contributed by atoms with van der Waals surface area (Å²) >= 11 is 0. The number of hydrogen-bond acceptors (Lipinski definition) is 5. The summed E-state index contributed by atoms with van der Waals surface area (Å²) in [6.07, 6.45) is -0.562. The summed E-state index contributed by atoms with van der Waals surface area (Å²) in [7, 11) is 0. The molecule has 0 fully saturated rings. The molecule has 6 nitrogen and oxygen atoms in total. The summed E-state index contributed by atoms with van der Waals surface area (Å²) in [6, 6.07) is 3.98. The Hall–Kier alpha value is -2.49. The Bertz CT molecular complexity index is 481. The summed E-state index contributed by atoms with van der Waals surface area (Å²) in [5.74, 6) is -2.26. The molecule has 0 bridgehead atoms. The number of rotatable bonds is 3. The first-order chi connectivity index (χ1) is 7.54. The van der Waals surface area contributed by atoms with Gasteiger partial charge in [0.15, 0.2) is 0 Å². The van der Waals surface area contributed by atoms with Gasteiger partial charge < -0.3 is 4.74 Å². The minimum Gasteiger partial charge on any atom is -0.418 e. The van der Waals surface area contributed by atoms with Gasteiger partial charge in [0.25, 0.3) is 0 Å². The lowest BCUT2D eigenvalue weighted by Crippen LogP contribution is -2.08. The lowest BCUT2D eigenvalue weighted by atomic mass is 10.3. The largest absolute Gasteiger partial charge is 0.418 e. The van der Waals surface area contributed by atoms with Crippen molar-refractivity contribution in [2.24, 2.45) is 0 Å². The lowest BCUT2D eigenvalue weighted by Gasteiger charge is -2.02. The Balaban J connectivity index is 3.02. The van der Waals surface area contributed by atoms with Crippen LogP contribution in [-0.2, 0) is 4.79 Å². The van der Waals surface area contributed by atoms with Crippen molar-refractivity contribution in [1.82, 2.24) is 0 Å². The van der Waals surface area contributed by atoms with Crippen molar-refractivity contribution in [2.45, 2.75) is 6.42 Å². The first kappa shape index (κ1) is 11.6. The van der Waals surface area contributed by atoms with E-state index in [2.05, 4.69) is 4.74 Å². The van der Waals surface area contributed by atoms with Crippen LogP contribution in [-0.4, -0.2) is 10.9 Å². The summed E-state index contributed by atoms with van der Waals surface area (Å²) in [5, 5.41) is 18.7. The van der Waals surface area contributed by atoms with E-state index in [1.807, 2.05) is 0 Å². The standard InChI is InChI=1S/C9H5FN2O4/c10-6-1-2-7(12(14)15)8(5-6)16-9(13)3-4-11/h1-2,5H,3H2. The molecule has 16 heavy (non-hydrogen) atoms. The van der Waals surface area contributed by atoms with Crippen LogP contribution in [0.1, 0.15) is 6.42 Å². The van der Waals surface area contributed by atoms with Gasteiger partial charge in [0.2, 0.25) is 5.75 Å². The van der Waals surface area contributed by atoms with E-state index < -0.39 is 34.6 Å². The van der Waals surface area contributed by atoms with E-state index in [4.69, 9.17) is 5.26 Å². The van der Waals surface area contributed by atoms with Gasteiger partial charge >= 0.3 is 11.7 Å². The van der Waals surface area contributed by atoms with E-state index in [0.29, 0.717) is 6.07 Å². The number of benzene rings is 1. The zero-order chi connectivity index (χ0) is 12.1. The van der Waals surface area contributed by atoms with Gasteiger partial charge in [-0.3, -0.25) is 14.9 Å². The third-order valence-corrected chi connectivity index (χ3v) is 1.57. The van der Waals surface area contributed by atoms with Gasteiger partial charge in [-0.25, -0.2) is 4.39 Å². The van der Waals surface area contributed by atoms with Crippen LogP contribution in [0.5, 0.6) is 5.75 Å². The van der Waals surface area contributed by atoms with E-state index >= 15 is 0 Å². The molecule has 0 saturated carbocycles. The van der Waals surface area contributed by atoms with Gasteiger partial charge in [-0.1, -0.05) is 0 Å². The molecule has 0 unspecified atom stereocenters. The highest BCUT2D eigenvalue weighted by molar-refractivity contribution is 5.75. The van der Waals surface area contributed by atoms with Crippen molar-refractivity contribution in [2.75, 3.05) is 0 Å². The van der Waals surface area contributed by atoms with Gasteiger partial charge in [0.05, 0.1) is 11.0 Å². The lowest BCUT2D eigenvalue weighted by molar-refractivity contribution is -0.385. The predicted molar refractivity (Wildman–Crippen MR) is 48.9 cm³/mol. The fraction of sp³-hybridized carbons (Fsp3) is 0.111. The highest BCUT2D eigenvalue weighted by atomic mass is 19.1. The number of hydrogen-bond donors (Lipinski definition) is 0. The van der Waals surface area contributed by atoms with Crippen LogP contribution < -0.4 is 4.74 Å². The second-order valence-corrected chi connectivity index (χ2v) is 2.68. The van der Waals surface area contributed by atoms with Crippen molar-refractivity contribution in [3.05, 3.63) is 34.1 Å². The molecule has 0 aromatic heterocycles. The van der Waals surface area contributed by atoms with Crippen molar-refractivity contribution in [3.8, 4) is 11.8 Å². The molecule has 0 saturated heterocycles. The molecule has 0 spiro atoms. The number of ether oxygens (including phenoxy) is 1. The zero-order valence-electron chi connectivity index (χ0n) is 7.84. The number of carbonyl (C=O) groups is 1. The molecule has 0 N–H and O–H groups in total. The van der Waals surface area contributed by atoms with E-state index in [0.717, 1.165) is 12.1 Å². The Kier molecular flexibility index (Phi) is 3.50. The predicted octanol–water partition coefficient (Wildman–Crippen LogP) is 1.55. The first-order valence-corrected chi connectivity index (χ1v) is 4.06. The molecule has 0 aliphatic heterocycles. The molecule has 0 aliphatic rings. The van der Waals surface area contributed by atoms with Gasteiger partial charge in [0.1, 0.15) is 12.2 Å². The van der Waals surface area contributed by atoms with Crippen molar-refractivity contribution in [3.63, 3.8) is 0 Å². The Morgan fingerprint density at radius 1 is 1.62 bits per heavy atom. The maximum absolute atomic E-state index is 12.8. The van der Waals surface area contributed by atoms with Crippen LogP contribution in [0.3, 0.4) is 0 Å². The van der Waals surface area contributed by atoms with Crippen LogP contribution in [0.15, 0.2) is 18.2 Å². The molecule has 0 radical (unpaired) electrons. The average molecular weight is 224 g/mol. The van der Waals surface area contributed by atoms with Crippen LogP contribution in [0.4, 0.5) is 10.1 Å². The quantitative estimate of drug-likeness (QED) is 0.336. The molecular weight excluding hydrogens is 219 g/mol. The van der Waals surface area contributed by atoms with Crippen LogP contribution >= 0.6 is 0 Å². The van der Waals surface area contributed by atoms with Crippen molar-refractivity contribution < 1.29 is 18.8 Å². The number of halogens is 1. The number of nitro benzene ring substituents is 1. The summed E-state index contributed by atoms with van der Waals surface area (Å²) < 4.78 is 17.3. The molecule has 0 amide bonds. The molecule has 0 atom stereocenters. The van der Waals surface area contributed by atoms with Crippen LogP contribution in [0, 0.1) is 27.3 Å². The van der Waals surface area contributed by atoms with Crippen molar-refractivity contribution in [1.29, 1.82) is 5.26 Å². The summed E-state index contributed by atoms with van der Waals surface area (Å²) in [4.78, 5) is 20.6. The fourth-order valence-electron chi connectivity index (χ4n) is 0.944. The van der Waals surface area contributed by atoms with E-state index in [9.17, 15) is 19.3 Å². The smallest absolute Gasteiger partial charge is 0.325 e. The second-order valence-electron chi connectivity index (χ2n) is 2.68. The molecule has 7 heteroatoms. The third kappa shape index (κ3) is 2.75. The van der Waals surface area contributed by atoms with E-state index in [1.54, 1.807) is 0 Å². The Labute approximate surface area is 89.0 Å². The number of nitro groups is 1. The van der Waals surface area contributed by atoms with E-state index in [1.165, 1.54) is 6.07 Å². The average Bonchev–Trinajstić information content (AvgIpc) is 2.17. The maximum Gasteiger partial charge on any atom is 0.325 e. The molecule has 1 rings (SSSR count). The number of esters is 1. The molecule has 0 aliphatic carbocycles. The second kappa shape index (κ2) is 4.84. The number of nitriles is 1. The monoisotopic (exact) mass is 224 g/mol. The molecule has 1 aromatic carbocycles. The summed E-state index contributed by atoms with van der Waals surface area (Å²) in [5.41, 5.74) is -0.535. The highest BCUT2D eigenvalue weighted by Gasteiger charge is 2.18. The number of carbonyl (C=O) groups excluding carboxylic acids is 1. The minimum atomic E-state index is -0.976. The minimum absolute atomic E-state index is 0.509. The fourth-order valence-corrected chi connectivity index (χ4v) is 0.944. The SMILES string of the molecule is N#CCC(=O)Oc1cc(F)ccc1[N+](=O)[O-]. The molecule has 82 valence electrons. The van der Waals surface area contributed by atoms with Gasteiger partial charge in [-0.05, 0) is 6.07 Å². The normalized spacial score (nSPS) is 9.25. The molecular formula is C9H5FN2O4. The third-order valence-electron chi connectivity index (χ3n) is 1.57. The van der Waals surface area contributed by atoms with Gasteiger partial charge in [-0.2, -0.15) is 5.26 Å². The summed E-state index contributed by atoms with van der Waals surface area (Å²) in [6.45, 7) is 0. The van der Waals surface area contributed by atoms with Gasteiger partial charge in [0, 0.05) is 12.1 Å². The topological polar surface area (TPSA) is 93.2 Å². The number of nitrogens with zero attached hydrogens (tertiary/aromatic N) is 2.